The van der Waals surface area contributed by atoms with Crippen LogP contribution in [0.3, 0.4) is 0 Å². The number of nitrogens with zero attached hydrogens (tertiary/aromatic N) is 1. The predicted molar refractivity (Wildman–Crippen MR) is 62.5 cm³/mol. The average molecular weight is 204 g/mol. The Morgan fingerprint density at radius 1 is 1.33 bits per heavy atom. The Bertz CT molecular complexity index is 419. The van der Waals surface area contributed by atoms with Crippen LogP contribution in [0.4, 0.5) is 5.69 Å². The minimum Gasteiger partial charge on any atom is -0.494 e. The zero-order chi connectivity index (χ0) is 11.1. The van der Waals surface area contributed by atoms with Crippen molar-refractivity contribution < 1.29 is 9.31 Å². The third-order valence-electron chi connectivity index (χ3n) is 2.87. The zero-order valence-corrected chi connectivity index (χ0v) is 9.87. The van der Waals surface area contributed by atoms with Crippen molar-refractivity contribution in [3.05, 3.63) is 23.8 Å². The molecule has 2 rings (SSSR count). The normalized spacial score (nSPS) is 17.2. The van der Waals surface area contributed by atoms with E-state index in [-0.39, 0.29) is 5.41 Å². The van der Waals surface area contributed by atoms with Crippen molar-refractivity contribution in [3.8, 4) is 5.75 Å². The van der Waals surface area contributed by atoms with Gasteiger partial charge in [-0.2, -0.15) is 0 Å². The van der Waals surface area contributed by atoms with Crippen LogP contribution in [0, 0.1) is 0 Å². The Morgan fingerprint density at radius 3 is 2.73 bits per heavy atom. The molecular weight excluding hydrogens is 186 g/mol. The Hall–Kier alpha value is -1.31. The van der Waals surface area contributed by atoms with Crippen LogP contribution in [-0.4, -0.2) is 24.4 Å². The summed E-state index contributed by atoms with van der Waals surface area (Å²) in [6.45, 7) is 7.19. The molecule has 1 aromatic carbocycles. The van der Waals surface area contributed by atoms with Crippen molar-refractivity contribution in [1.82, 2.24) is 0 Å². The van der Waals surface area contributed by atoms with Gasteiger partial charge in [0, 0.05) is 11.6 Å². The maximum atomic E-state index is 5.53. The number of rotatable bonds is 2. The fourth-order valence-electron chi connectivity index (χ4n) is 2.22. The van der Waals surface area contributed by atoms with Gasteiger partial charge in [0.25, 0.3) is 0 Å². The first-order valence-electron chi connectivity index (χ1n) is 5.41. The average Bonchev–Trinajstić information content (AvgIpc) is 2.38. The van der Waals surface area contributed by atoms with Crippen LogP contribution >= 0.6 is 0 Å². The molecule has 15 heavy (non-hydrogen) atoms. The molecule has 80 valence electrons. The van der Waals surface area contributed by atoms with Crippen LogP contribution in [0.25, 0.3) is 0 Å². The maximum absolute atomic E-state index is 5.53. The van der Waals surface area contributed by atoms with E-state index in [2.05, 4.69) is 43.8 Å². The third-order valence-corrected chi connectivity index (χ3v) is 2.87. The summed E-state index contributed by atoms with van der Waals surface area (Å²) < 4.78 is 7.71. The highest BCUT2D eigenvalue weighted by atomic mass is 16.5. The lowest BCUT2D eigenvalue weighted by molar-refractivity contribution is -0.397. The standard InChI is InChI=1S/C13H18NO/c1-5-15-10-6-7-12-11(8-10)13(2,3)9-14(12)4/h6-9H,5H2,1-4H3/q+1. The quantitative estimate of drug-likeness (QED) is 0.675. The lowest BCUT2D eigenvalue weighted by Gasteiger charge is -2.12. The molecule has 0 bridgehead atoms. The highest BCUT2D eigenvalue weighted by molar-refractivity contribution is 5.77. The van der Waals surface area contributed by atoms with E-state index >= 15 is 0 Å². The molecule has 0 spiro atoms. The molecule has 0 amide bonds. The molecule has 0 aliphatic carbocycles. The summed E-state index contributed by atoms with van der Waals surface area (Å²) >= 11 is 0. The third kappa shape index (κ3) is 1.65. The van der Waals surface area contributed by atoms with Gasteiger partial charge in [-0.1, -0.05) is 0 Å². The minimum atomic E-state index is 0.108. The van der Waals surface area contributed by atoms with Crippen LogP contribution in [-0.2, 0) is 5.41 Å². The van der Waals surface area contributed by atoms with Gasteiger partial charge < -0.3 is 4.74 Å². The highest BCUT2D eigenvalue weighted by Gasteiger charge is 2.35. The van der Waals surface area contributed by atoms with Gasteiger partial charge in [0.2, 0.25) is 5.69 Å². The summed E-state index contributed by atoms with van der Waals surface area (Å²) in [5.74, 6) is 0.966. The summed E-state index contributed by atoms with van der Waals surface area (Å²) in [7, 11) is 2.09. The molecular formula is C13H18NO+. The van der Waals surface area contributed by atoms with Crippen molar-refractivity contribution >= 4 is 11.9 Å². The van der Waals surface area contributed by atoms with E-state index in [1.54, 1.807) is 0 Å². The molecule has 1 aliphatic rings. The van der Waals surface area contributed by atoms with Gasteiger partial charge in [0.1, 0.15) is 12.8 Å². The molecule has 1 heterocycles. The topological polar surface area (TPSA) is 12.2 Å². The molecule has 0 fully saturated rings. The lowest BCUT2D eigenvalue weighted by atomic mass is 9.87. The summed E-state index contributed by atoms with van der Waals surface area (Å²) in [5.41, 5.74) is 2.73. The van der Waals surface area contributed by atoms with Gasteiger partial charge in [0.15, 0.2) is 6.21 Å². The second-order valence-corrected chi connectivity index (χ2v) is 4.57. The molecule has 0 saturated carbocycles. The van der Waals surface area contributed by atoms with Gasteiger partial charge in [-0.3, -0.25) is 0 Å². The minimum absolute atomic E-state index is 0.108. The van der Waals surface area contributed by atoms with E-state index < -0.39 is 0 Å². The first kappa shape index (κ1) is 10.2. The Kier molecular flexibility index (Phi) is 2.29. The van der Waals surface area contributed by atoms with Gasteiger partial charge in [0.05, 0.1) is 12.0 Å². The second kappa shape index (κ2) is 3.37. The largest absolute Gasteiger partial charge is 0.494 e. The zero-order valence-electron chi connectivity index (χ0n) is 9.87. The first-order chi connectivity index (χ1) is 7.04. The molecule has 0 radical (unpaired) electrons. The van der Waals surface area contributed by atoms with E-state index in [1.807, 2.05) is 13.0 Å². The molecule has 0 N–H and O–H groups in total. The van der Waals surface area contributed by atoms with Gasteiger partial charge >= 0.3 is 0 Å². The molecule has 1 aromatic rings. The summed E-state index contributed by atoms with van der Waals surface area (Å²) in [6, 6.07) is 6.32. The van der Waals surface area contributed by atoms with Crippen LogP contribution in [0.2, 0.25) is 0 Å². The van der Waals surface area contributed by atoms with E-state index in [9.17, 15) is 0 Å². The Balaban J connectivity index is 2.47. The molecule has 2 nitrogen and oxygen atoms in total. The molecule has 1 aliphatic heterocycles. The van der Waals surface area contributed by atoms with Gasteiger partial charge in [-0.05, 0) is 32.9 Å². The highest BCUT2D eigenvalue weighted by Crippen LogP contribution is 2.37. The molecule has 2 heteroatoms. The summed E-state index contributed by atoms with van der Waals surface area (Å²) in [6.07, 6.45) is 2.24. The fraction of sp³-hybridized carbons (Fsp3) is 0.462. The second-order valence-electron chi connectivity index (χ2n) is 4.57. The van der Waals surface area contributed by atoms with Crippen LogP contribution in [0.1, 0.15) is 26.3 Å². The van der Waals surface area contributed by atoms with Gasteiger partial charge in [-0.25, -0.2) is 4.58 Å². The smallest absolute Gasteiger partial charge is 0.209 e. The Morgan fingerprint density at radius 2 is 2.07 bits per heavy atom. The molecule has 0 atom stereocenters. The number of ether oxygens (including phenoxy) is 1. The number of fused-ring (bicyclic) bond motifs is 1. The number of hydrogen-bond acceptors (Lipinski definition) is 1. The van der Waals surface area contributed by atoms with Crippen molar-refractivity contribution in [3.63, 3.8) is 0 Å². The predicted octanol–water partition coefficient (Wildman–Crippen LogP) is 2.72. The maximum Gasteiger partial charge on any atom is 0.209 e. The van der Waals surface area contributed by atoms with E-state index in [0.717, 1.165) is 12.4 Å². The Labute approximate surface area is 91.2 Å². The summed E-state index contributed by atoms with van der Waals surface area (Å²) in [5, 5.41) is 0. The van der Waals surface area contributed by atoms with Gasteiger partial charge in [-0.15, -0.1) is 0 Å². The van der Waals surface area contributed by atoms with E-state index in [0.29, 0.717) is 0 Å². The van der Waals surface area contributed by atoms with Crippen LogP contribution in [0.15, 0.2) is 18.2 Å². The SMILES string of the molecule is CCOc1ccc2c(c1)C(C)(C)C=[N+]2C. The lowest BCUT2D eigenvalue weighted by Crippen LogP contribution is -2.16. The monoisotopic (exact) mass is 204 g/mol. The molecule has 0 unspecified atom stereocenters. The number of benzene rings is 1. The number of hydrogen-bond donors (Lipinski definition) is 0. The van der Waals surface area contributed by atoms with Crippen LogP contribution in [0.5, 0.6) is 5.75 Å². The van der Waals surface area contributed by atoms with Crippen molar-refractivity contribution in [2.45, 2.75) is 26.2 Å². The molecule has 0 aromatic heterocycles. The van der Waals surface area contributed by atoms with Crippen molar-refractivity contribution in [2.75, 3.05) is 13.7 Å². The van der Waals surface area contributed by atoms with E-state index in [4.69, 9.17) is 4.74 Å². The van der Waals surface area contributed by atoms with Crippen molar-refractivity contribution in [2.24, 2.45) is 0 Å². The fourth-order valence-corrected chi connectivity index (χ4v) is 2.22. The van der Waals surface area contributed by atoms with E-state index in [1.165, 1.54) is 11.3 Å². The molecule has 0 saturated heterocycles. The first-order valence-corrected chi connectivity index (χ1v) is 5.41. The van der Waals surface area contributed by atoms with Crippen molar-refractivity contribution in [1.29, 1.82) is 0 Å². The van der Waals surface area contributed by atoms with Crippen LogP contribution < -0.4 is 4.74 Å². The summed E-state index contributed by atoms with van der Waals surface area (Å²) in [4.78, 5) is 0.